The molecule has 0 amide bonds. The molecule has 0 saturated heterocycles. The van der Waals surface area contributed by atoms with Gasteiger partial charge in [0.2, 0.25) is 0 Å². The number of rotatable bonds is 1. The molecule has 3 nitrogen and oxygen atoms in total. The maximum Gasteiger partial charge on any atom is 0.178 e. The number of pyridine rings is 1. The Morgan fingerprint density at radius 3 is 3.00 bits per heavy atom. The monoisotopic (exact) mass is 196 g/mol. The number of hydrogen-bond acceptors (Lipinski definition) is 4. The van der Waals surface area contributed by atoms with Gasteiger partial charge >= 0.3 is 0 Å². The number of nitrogens with zero attached hydrogens (tertiary/aromatic N) is 1. The van der Waals surface area contributed by atoms with E-state index >= 15 is 0 Å². The summed E-state index contributed by atoms with van der Waals surface area (Å²) in [7, 11) is 0. The average molecular weight is 196 g/mol. The first-order valence-electron chi connectivity index (χ1n) is 4.27. The number of fused-ring (bicyclic) bond motifs is 1. The highest BCUT2D eigenvalue weighted by atomic mass is 32.2. The summed E-state index contributed by atoms with van der Waals surface area (Å²) in [6, 6.07) is 0. The van der Waals surface area contributed by atoms with Gasteiger partial charge in [0, 0.05) is 12.4 Å². The summed E-state index contributed by atoms with van der Waals surface area (Å²) >= 11 is 1.40. The Kier molecular flexibility index (Phi) is 2.17. The summed E-state index contributed by atoms with van der Waals surface area (Å²) in [6.07, 6.45) is 3.64. The van der Waals surface area contributed by atoms with Crippen molar-refractivity contribution < 1.29 is 5.11 Å². The predicted molar refractivity (Wildman–Crippen MR) is 53.8 cm³/mol. The highest BCUT2D eigenvalue weighted by Crippen LogP contribution is 2.40. The summed E-state index contributed by atoms with van der Waals surface area (Å²) in [5.41, 5.74) is 1.70. The third-order valence-electron chi connectivity index (χ3n) is 2.07. The molecule has 1 atom stereocenters. The van der Waals surface area contributed by atoms with Gasteiger partial charge in [0.05, 0.1) is 10.6 Å². The van der Waals surface area contributed by atoms with Crippen LogP contribution in [-0.2, 0) is 0 Å². The maximum atomic E-state index is 9.38. The second-order valence-corrected chi connectivity index (χ2v) is 4.49. The van der Waals surface area contributed by atoms with Gasteiger partial charge in [-0.25, -0.2) is 0 Å². The average Bonchev–Trinajstić information content (AvgIpc) is 2.43. The molecule has 0 bridgehead atoms. The second kappa shape index (κ2) is 3.20. The zero-order valence-corrected chi connectivity index (χ0v) is 8.43. The molecule has 0 saturated carbocycles. The largest absolute Gasteiger partial charge is 0.364 e. The van der Waals surface area contributed by atoms with E-state index in [9.17, 15) is 5.11 Å². The van der Waals surface area contributed by atoms with Crippen LogP contribution in [0.3, 0.4) is 0 Å². The quantitative estimate of drug-likeness (QED) is 0.721. The molecule has 1 aliphatic heterocycles. The zero-order chi connectivity index (χ0) is 9.42. The number of aliphatic hydroxyl groups is 1. The van der Waals surface area contributed by atoms with Gasteiger partial charge in [-0.05, 0) is 11.5 Å². The number of aromatic nitrogens is 1. The van der Waals surface area contributed by atoms with E-state index in [1.54, 1.807) is 6.20 Å². The third kappa shape index (κ3) is 1.51. The van der Waals surface area contributed by atoms with Crippen LogP contribution < -0.4 is 5.32 Å². The molecule has 2 heterocycles. The number of anilines is 1. The van der Waals surface area contributed by atoms with Gasteiger partial charge < -0.3 is 10.4 Å². The number of nitrogens with one attached hydrogen (secondary N) is 1. The standard InChI is InChI=1S/C9H12N2OS/c1-5(2)6-3-10-4-7-8(6)11-9(12)13-7/h3-5,9,11-12H,1-2H3. The molecule has 1 aromatic heterocycles. The van der Waals surface area contributed by atoms with Crippen LogP contribution in [0.4, 0.5) is 5.69 Å². The fraction of sp³-hybridized carbons (Fsp3) is 0.444. The first-order chi connectivity index (χ1) is 6.18. The summed E-state index contributed by atoms with van der Waals surface area (Å²) in [6.45, 7) is 4.24. The van der Waals surface area contributed by atoms with E-state index in [4.69, 9.17) is 0 Å². The predicted octanol–water partition coefficient (Wildman–Crippen LogP) is 2.00. The van der Waals surface area contributed by atoms with E-state index in [1.165, 1.54) is 17.3 Å². The molecule has 13 heavy (non-hydrogen) atoms. The molecular formula is C9H12N2OS. The van der Waals surface area contributed by atoms with Crippen LogP contribution in [0.1, 0.15) is 25.3 Å². The summed E-state index contributed by atoms with van der Waals surface area (Å²) in [4.78, 5) is 5.18. The van der Waals surface area contributed by atoms with Crippen LogP contribution >= 0.6 is 11.8 Å². The van der Waals surface area contributed by atoms with Crippen molar-refractivity contribution in [1.82, 2.24) is 4.98 Å². The van der Waals surface area contributed by atoms with E-state index in [2.05, 4.69) is 24.1 Å². The van der Waals surface area contributed by atoms with Crippen LogP contribution in [0.5, 0.6) is 0 Å². The van der Waals surface area contributed by atoms with Crippen LogP contribution in [0.15, 0.2) is 17.3 Å². The number of aliphatic hydroxyl groups excluding tert-OH is 1. The smallest absolute Gasteiger partial charge is 0.178 e. The Balaban J connectivity index is 2.45. The Labute approximate surface area is 81.6 Å². The van der Waals surface area contributed by atoms with Crippen LogP contribution in [0.25, 0.3) is 0 Å². The van der Waals surface area contributed by atoms with E-state index < -0.39 is 5.56 Å². The SMILES string of the molecule is CC(C)c1cncc2c1NC(O)S2. The van der Waals surface area contributed by atoms with Gasteiger partial charge in [-0.1, -0.05) is 25.6 Å². The fourth-order valence-electron chi connectivity index (χ4n) is 1.41. The van der Waals surface area contributed by atoms with Crippen molar-refractivity contribution in [3.05, 3.63) is 18.0 Å². The van der Waals surface area contributed by atoms with Crippen molar-refractivity contribution in [2.45, 2.75) is 30.2 Å². The molecule has 4 heteroatoms. The number of thioether (sulfide) groups is 1. The zero-order valence-electron chi connectivity index (χ0n) is 7.61. The van der Waals surface area contributed by atoms with Crippen molar-refractivity contribution in [3.8, 4) is 0 Å². The van der Waals surface area contributed by atoms with E-state index in [0.717, 1.165) is 10.6 Å². The summed E-state index contributed by atoms with van der Waals surface area (Å²) in [5, 5.41) is 12.4. The van der Waals surface area contributed by atoms with Crippen molar-refractivity contribution in [2.75, 3.05) is 5.32 Å². The second-order valence-electron chi connectivity index (χ2n) is 3.37. The van der Waals surface area contributed by atoms with E-state index in [-0.39, 0.29) is 0 Å². The molecule has 0 aromatic carbocycles. The lowest BCUT2D eigenvalue weighted by atomic mass is 10.0. The fourth-order valence-corrected chi connectivity index (χ4v) is 2.25. The normalized spacial score (nSPS) is 20.2. The molecule has 0 aliphatic carbocycles. The van der Waals surface area contributed by atoms with Gasteiger partial charge in [0.1, 0.15) is 0 Å². The van der Waals surface area contributed by atoms with Gasteiger partial charge in [0.25, 0.3) is 0 Å². The van der Waals surface area contributed by atoms with Crippen LogP contribution in [0.2, 0.25) is 0 Å². The lowest BCUT2D eigenvalue weighted by molar-refractivity contribution is 0.294. The lowest BCUT2D eigenvalue weighted by Gasteiger charge is -2.10. The first kappa shape index (κ1) is 8.84. The Bertz CT molecular complexity index is 327. The molecule has 1 unspecified atom stereocenters. The molecular weight excluding hydrogens is 184 g/mol. The molecule has 1 aliphatic rings. The molecule has 70 valence electrons. The third-order valence-corrected chi connectivity index (χ3v) is 2.97. The molecule has 0 spiro atoms. The highest BCUT2D eigenvalue weighted by Gasteiger charge is 2.22. The molecule has 2 rings (SSSR count). The van der Waals surface area contributed by atoms with Crippen LogP contribution in [-0.4, -0.2) is 15.7 Å². The first-order valence-corrected chi connectivity index (χ1v) is 5.15. The van der Waals surface area contributed by atoms with Gasteiger partial charge in [-0.3, -0.25) is 4.98 Å². The van der Waals surface area contributed by atoms with E-state index in [1.807, 2.05) is 6.20 Å². The Morgan fingerprint density at radius 1 is 1.54 bits per heavy atom. The van der Waals surface area contributed by atoms with Gasteiger partial charge in [0.15, 0.2) is 5.56 Å². The number of hydrogen-bond donors (Lipinski definition) is 2. The maximum absolute atomic E-state index is 9.38. The van der Waals surface area contributed by atoms with Gasteiger partial charge in [-0.15, -0.1) is 0 Å². The molecule has 2 N–H and O–H groups in total. The van der Waals surface area contributed by atoms with Crippen molar-refractivity contribution in [1.29, 1.82) is 0 Å². The molecule has 0 radical (unpaired) electrons. The summed E-state index contributed by atoms with van der Waals surface area (Å²) in [5.74, 6) is 0.431. The van der Waals surface area contributed by atoms with Gasteiger partial charge in [-0.2, -0.15) is 0 Å². The molecule has 1 aromatic rings. The van der Waals surface area contributed by atoms with E-state index in [0.29, 0.717) is 5.92 Å². The minimum absolute atomic E-state index is 0.431. The van der Waals surface area contributed by atoms with Crippen molar-refractivity contribution in [3.63, 3.8) is 0 Å². The highest BCUT2D eigenvalue weighted by molar-refractivity contribution is 8.00. The minimum Gasteiger partial charge on any atom is -0.364 e. The minimum atomic E-state index is -0.517. The van der Waals surface area contributed by atoms with Crippen LogP contribution in [0, 0.1) is 0 Å². The van der Waals surface area contributed by atoms with Crippen molar-refractivity contribution >= 4 is 17.4 Å². The van der Waals surface area contributed by atoms with Crippen molar-refractivity contribution in [2.24, 2.45) is 0 Å². The Morgan fingerprint density at radius 2 is 2.31 bits per heavy atom. The lowest BCUT2D eigenvalue weighted by Crippen LogP contribution is -2.08. The topological polar surface area (TPSA) is 45.2 Å². The summed E-state index contributed by atoms with van der Waals surface area (Å²) < 4.78 is 0. The molecule has 0 fully saturated rings. The Hall–Kier alpha value is -0.740.